The summed E-state index contributed by atoms with van der Waals surface area (Å²) < 4.78 is 7.65. The minimum atomic E-state index is -0.130. The second-order valence-electron chi connectivity index (χ2n) is 4.16. The highest BCUT2D eigenvalue weighted by Gasteiger charge is 2.19. The number of hydrogen-bond acceptors (Lipinski definition) is 4. The Kier molecular flexibility index (Phi) is 5.72. The second-order valence-corrected chi connectivity index (χ2v) is 7.36. The third-order valence-electron chi connectivity index (χ3n) is 2.93. The molecule has 0 fully saturated rings. The Morgan fingerprint density at radius 1 is 1.40 bits per heavy atom. The lowest BCUT2D eigenvalue weighted by Crippen LogP contribution is -2.29. The summed E-state index contributed by atoms with van der Waals surface area (Å²) in [6.45, 7) is 0. The molecule has 0 amide bonds. The Morgan fingerprint density at radius 2 is 2.15 bits per heavy atom. The van der Waals surface area contributed by atoms with E-state index < -0.39 is 0 Å². The van der Waals surface area contributed by atoms with Gasteiger partial charge in [0.15, 0.2) is 0 Å². The van der Waals surface area contributed by atoms with E-state index in [1.54, 1.807) is 7.11 Å². The van der Waals surface area contributed by atoms with Crippen LogP contribution in [-0.2, 0) is 6.42 Å². The van der Waals surface area contributed by atoms with Crippen molar-refractivity contribution in [3.05, 3.63) is 48.5 Å². The van der Waals surface area contributed by atoms with Crippen molar-refractivity contribution in [1.82, 2.24) is 5.43 Å². The van der Waals surface area contributed by atoms with Crippen molar-refractivity contribution in [1.29, 1.82) is 0 Å². The number of nitrogens with two attached hydrogens (primary N) is 1. The molecule has 0 radical (unpaired) electrons. The third kappa shape index (κ3) is 3.67. The van der Waals surface area contributed by atoms with Gasteiger partial charge in [-0.15, -0.1) is 11.3 Å². The number of hydrazine groups is 1. The van der Waals surface area contributed by atoms with Crippen LogP contribution in [0.4, 0.5) is 0 Å². The van der Waals surface area contributed by atoms with E-state index in [-0.39, 0.29) is 6.04 Å². The van der Waals surface area contributed by atoms with Crippen molar-refractivity contribution >= 4 is 50.5 Å². The average molecular weight is 396 g/mol. The van der Waals surface area contributed by atoms with Gasteiger partial charge in [-0.05, 0) is 36.2 Å². The molecule has 108 valence electrons. The van der Waals surface area contributed by atoms with Crippen LogP contribution < -0.4 is 16.0 Å². The van der Waals surface area contributed by atoms with Crippen molar-refractivity contribution in [3.63, 3.8) is 0 Å². The number of rotatable bonds is 5. The Balaban J connectivity index is 2.31. The van der Waals surface area contributed by atoms with Crippen LogP contribution in [0.3, 0.4) is 0 Å². The van der Waals surface area contributed by atoms with Gasteiger partial charge in [-0.1, -0.05) is 39.1 Å². The lowest BCUT2D eigenvalue weighted by Gasteiger charge is -2.17. The Hall–Kier alpha value is -0.300. The van der Waals surface area contributed by atoms with E-state index in [4.69, 9.17) is 33.8 Å². The first-order valence-electron chi connectivity index (χ1n) is 5.78. The number of benzene rings is 1. The number of methoxy groups -OCH3 is 1. The zero-order valence-corrected chi connectivity index (χ0v) is 14.5. The fourth-order valence-corrected chi connectivity index (χ4v) is 3.96. The van der Waals surface area contributed by atoms with Gasteiger partial charge in [-0.25, -0.2) is 0 Å². The smallest absolute Gasteiger partial charge is 0.122 e. The van der Waals surface area contributed by atoms with Gasteiger partial charge in [0.2, 0.25) is 0 Å². The number of ether oxygens (including phenoxy) is 1. The predicted octanol–water partition coefficient (Wildman–Crippen LogP) is 4.57. The lowest BCUT2D eigenvalue weighted by molar-refractivity contribution is 0.405. The van der Waals surface area contributed by atoms with Gasteiger partial charge >= 0.3 is 0 Å². The van der Waals surface area contributed by atoms with E-state index in [9.17, 15) is 0 Å². The van der Waals surface area contributed by atoms with Crippen molar-refractivity contribution in [2.45, 2.75) is 12.5 Å². The molecule has 0 saturated carbocycles. The highest BCUT2D eigenvalue weighted by atomic mass is 79.9. The molecule has 0 aliphatic carbocycles. The third-order valence-corrected chi connectivity index (χ3v) is 4.94. The normalized spacial score (nSPS) is 12.4. The van der Waals surface area contributed by atoms with Crippen LogP contribution in [0.5, 0.6) is 5.75 Å². The fourth-order valence-electron chi connectivity index (χ4n) is 1.98. The maximum Gasteiger partial charge on any atom is 0.122 e. The number of hydrogen-bond donors (Lipinski definition) is 2. The van der Waals surface area contributed by atoms with Crippen LogP contribution in [0.25, 0.3) is 0 Å². The molecule has 0 spiro atoms. The summed E-state index contributed by atoms with van der Waals surface area (Å²) in [6, 6.07) is 7.56. The van der Waals surface area contributed by atoms with Gasteiger partial charge < -0.3 is 4.74 Å². The Labute approximate surface area is 140 Å². The van der Waals surface area contributed by atoms with E-state index in [1.165, 1.54) is 11.3 Å². The van der Waals surface area contributed by atoms with Crippen LogP contribution in [0, 0.1) is 0 Å². The minimum absolute atomic E-state index is 0.130. The van der Waals surface area contributed by atoms with E-state index in [0.717, 1.165) is 21.3 Å². The summed E-state index contributed by atoms with van der Waals surface area (Å²) >= 11 is 17.0. The molecular weight excluding hydrogens is 383 g/mol. The molecule has 3 N–H and O–H groups in total. The van der Waals surface area contributed by atoms with Gasteiger partial charge in [-0.3, -0.25) is 11.3 Å². The number of halogens is 3. The Bertz CT molecular complexity index is 606. The molecule has 2 aromatic rings. The van der Waals surface area contributed by atoms with Crippen LogP contribution in [0.1, 0.15) is 17.2 Å². The molecule has 1 atom stereocenters. The van der Waals surface area contributed by atoms with Crippen LogP contribution in [0.2, 0.25) is 8.67 Å². The first kappa shape index (κ1) is 16.1. The van der Waals surface area contributed by atoms with Gasteiger partial charge in [-0.2, -0.15) is 0 Å². The monoisotopic (exact) mass is 394 g/mol. The maximum absolute atomic E-state index is 6.19. The standard InChI is InChI=1S/C13H13BrCl2N2OS/c1-19-11-3-2-8(14)4-7(11)5-10(18-17)9-6-12(15)20-13(9)16/h2-4,6,10,18H,5,17H2,1H3. The van der Waals surface area contributed by atoms with Crippen molar-refractivity contribution in [3.8, 4) is 5.75 Å². The van der Waals surface area contributed by atoms with E-state index in [2.05, 4.69) is 21.4 Å². The van der Waals surface area contributed by atoms with Crippen molar-refractivity contribution < 1.29 is 4.74 Å². The highest BCUT2D eigenvalue weighted by molar-refractivity contribution is 9.10. The van der Waals surface area contributed by atoms with Gasteiger partial charge in [0.1, 0.15) is 5.75 Å². The molecule has 1 heterocycles. The largest absolute Gasteiger partial charge is 0.496 e. The molecule has 0 aliphatic heterocycles. The Morgan fingerprint density at radius 3 is 2.70 bits per heavy atom. The maximum atomic E-state index is 6.19. The zero-order chi connectivity index (χ0) is 14.7. The molecule has 2 rings (SSSR count). The molecule has 1 unspecified atom stereocenters. The number of thiophene rings is 1. The molecule has 20 heavy (non-hydrogen) atoms. The number of nitrogens with one attached hydrogen (secondary N) is 1. The van der Waals surface area contributed by atoms with Crippen LogP contribution >= 0.6 is 50.5 Å². The van der Waals surface area contributed by atoms with E-state index in [0.29, 0.717) is 15.1 Å². The summed E-state index contributed by atoms with van der Waals surface area (Å²) in [5.41, 5.74) is 4.71. The SMILES string of the molecule is COc1ccc(Br)cc1CC(NN)c1cc(Cl)sc1Cl. The summed E-state index contributed by atoms with van der Waals surface area (Å²) in [5.74, 6) is 6.47. The summed E-state index contributed by atoms with van der Waals surface area (Å²) in [7, 11) is 1.64. The van der Waals surface area contributed by atoms with E-state index >= 15 is 0 Å². The van der Waals surface area contributed by atoms with Gasteiger partial charge in [0, 0.05) is 10.0 Å². The quantitative estimate of drug-likeness (QED) is 0.575. The topological polar surface area (TPSA) is 47.3 Å². The van der Waals surface area contributed by atoms with E-state index in [1.807, 2.05) is 24.3 Å². The minimum Gasteiger partial charge on any atom is -0.496 e. The summed E-state index contributed by atoms with van der Waals surface area (Å²) in [4.78, 5) is 0. The molecule has 7 heteroatoms. The molecule has 0 saturated heterocycles. The molecule has 1 aromatic carbocycles. The van der Waals surface area contributed by atoms with Gasteiger partial charge in [0.05, 0.1) is 21.8 Å². The summed E-state index contributed by atoms with van der Waals surface area (Å²) in [5, 5.41) is 0. The second kappa shape index (κ2) is 7.11. The van der Waals surface area contributed by atoms with Gasteiger partial charge in [0.25, 0.3) is 0 Å². The van der Waals surface area contributed by atoms with Crippen LogP contribution in [0.15, 0.2) is 28.7 Å². The first-order chi connectivity index (χ1) is 9.55. The van der Waals surface area contributed by atoms with Crippen molar-refractivity contribution in [2.75, 3.05) is 7.11 Å². The highest BCUT2D eigenvalue weighted by Crippen LogP contribution is 2.37. The zero-order valence-electron chi connectivity index (χ0n) is 10.6. The van der Waals surface area contributed by atoms with Crippen LogP contribution in [-0.4, -0.2) is 7.11 Å². The average Bonchev–Trinajstić information content (AvgIpc) is 2.75. The molecule has 1 aromatic heterocycles. The lowest BCUT2D eigenvalue weighted by atomic mass is 10.0. The molecular formula is C13H13BrCl2N2OS. The first-order valence-corrected chi connectivity index (χ1v) is 8.15. The fraction of sp³-hybridized carbons (Fsp3) is 0.231. The predicted molar refractivity (Wildman–Crippen MR) is 88.8 cm³/mol. The molecule has 3 nitrogen and oxygen atoms in total. The summed E-state index contributed by atoms with van der Waals surface area (Å²) in [6.07, 6.45) is 0.645. The molecule has 0 aliphatic rings. The molecule has 0 bridgehead atoms. The van der Waals surface area contributed by atoms with Crippen molar-refractivity contribution in [2.24, 2.45) is 5.84 Å².